The predicted molar refractivity (Wildman–Crippen MR) is 108 cm³/mol. The highest BCUT2D eigenvalue weighted by Gasteiger charge is 2.23. The van der Waals surface area contributed by atoms with E-state index in [1.54, 1.807) is 30.3 Å². The molecule has 0 aliphatic heterocycles. The molecule has 0 aliphatic rings. The average Bonchev–Trinajstić information content (AvgIpc) is 3.11. The molecule has 0 fully saturated rings. The third kappa shape index (κ3) is 2.86. The molecule has 30 heavy (non-hydrogen) atoms. The van der Waals surface area contributed by atoms with Crippen molar-refractivity contribution in [1.29, 1.82) is 0 Å². The zero-order chi connectivity index (χ0) is 20.8. The molecule has 0 saturated carbocycles. The monoisotopic (exact) mass is 424 g/mol. The van der Waals surface area contributed by atoms with Crippen LogP contribution in [0.3, 0.4) is 0 Å². The molecule has 3 aromatic carbocycles. The first-order valence-electron chi connectivity index (χ1n) is 8.77. The number of ether oxygens (including phenoxy) is 1. The molecule has 2 heterocycles. The van der Waals surface area contributed by atoms with Gasteiger partial charge in [-0.05, 0) is 30.3 Å². The highest BCUT2D eigenvalue weighted by atomic mass is 32.2. The molecule has 0 radical (unpaired) electrons. The summed E-state index contributed by atoms with van der Waals surface area (Å²) >= 11 is -1.90. The Labute approximate surface area is 170 Å². The number of H-pyrrole nitrogens is 2. The van der Waals surface area contributed by atoms with Gasteiger partial charge in [0.05, 0.1) is 22.8 Å². The second-order valence-electron chi connectivity index (χ2n) is 6.42. The number of nitrogens with one attached hydrogen (secondary N) is 2. The quantitative estimate of drug-likeness (QED) is 0.360. The van der Waals surface area contributed by atoms with Crippen molar-refractivity contribution in [2.75, 3.05) is 0 Å². The molecule has 1 unspecified atom stereocenters. The van der Waals surface area contributed by atoms with Crippen LogP contribution < -0.4 is 4.74 Å². The topological polar surface area (TPSA) is 119 Å². The van der Waals surface area contributed by atoms with Crippen LogP contribution in [0.15, 0.2) is 60.9 Å². The Kier molecular flexibility index (Phi) is 4.16. The number of nitrogens with zero attached hydrogens (tertiary/aromatic N) is 2. The summed E-state index contributed by atoms with van der Waals surface area (Å²) in [7, 11) is 0. The minimum absolute atomic E-state index is 0.0201. The Balaban J connectivity index is 1.67. The first-order valence-corrected chi connectivity index (χ1v) is 9.88. The number of halogens is 1. The number of rotatable bonds is 4. The minimum atomic E-state index is -1.90. The van der Waals surface area contributed by atoms with Gasteiger partial charge >= 0.3 is 5.97 Å². The van der Waals surface area contributed by atoms with Gasteiger partial charge in [0, 0.05) is 6.07 Å². The van der Waals surface area contributed by atoms with Crippen LogP contribution in [0.25, 0.3) is 27.8 Å². The number of hydrogen-bond donors (Lipinski definition) is 3. The lowest BCUT2D eigenvalue weighted by atomic mass is 10.2. The van der Waals surface area contributed by atoms with Gasteiger partial charge in [0.2, 0.25) is 0 Å². The van der Waals surface area contributed by atoms with Gasteiger partial charge in [-0.15, -0.1) is 3.96 Å². The molecule has 3 N–H and O–H groups in total. The summed E-state index contributed by atoms with van der Waals surface area (Å²) in [5, 5.41) is 9.87. The molecule has 1 atom stereocenters. The van der Waals surface area contributed by atoms with E-state index in [9.17, 15) is 18.8 Å². The van der Waals surface area contributed by atoms with Gasteiger partial charge < -0.3 is 19.4 Å². The second-order valence-corrected chi connectivity index (χ2v) is 7.49. The number of aromatic nitrogens is 4. The van der Waals surface area contributed by atoms with E-state index in [1.165, 1.54) is 28.5 Å². The van der Waals surface area contributed by atoms with Gasteiger partial charge in [-0.3, -0.25) is 0 Å². The van der Waals surface area contributed by atoms with Crippen LogP contribution in [0.1, 0.15) is 10.4 Å². The maximum absolute atomic E-state index is 14.7. The van der Waals surface area contributed by atoms with E-state index in [1.807, 2.05) is 6.07 Å². The summed E-state index contributed by atoms with van der Waals surface area (Å²) < 4.78 is 37.2. The highest BCUT2D eigenvalue weighted by Crippen LogP contribution is 2.34. The van der Waals surface area contributed by atoms with Crippen molar-refractivity contribution in [1.82, 2.24) is 18.3 Å². The largest absolute Gasteiger partial charge is 0.549 e. The van der Waals surface area contributed by atoms with Crippen molar-refractivity contribution in [2.45, 2.75) is 0 Å². The molecule has 0 spiro atoms. The van der Waals surface area contributed by atoms with Crippen molar-refractivity contribution in [3.05, 3.63) is 72.3 Å². The molecular weight excluding hydrogens is 411 g/mol. The normalized spacial score (nSPS) is 11.9. The van der Waals surface area contributed by atoms with Crippen LogP contribution in [0.5, 0.6) is 11.5 Å². The highest BCUT2D eigenvalue weighted by molar-refractivity contribution is 7.15. The number of aromatic carboxylic acids is 1. The summed E-state index contributed by atoms with van der Waals surface area (Å²) in [6.45, 7) is 0. The van der Waals surface area contributed by atoms with Crippen molar-refractivity contribution in [3.8, 4) is 17.2 Å². The maximum atomic E-state index is 14.7. The Morgan fingerprint density at radius 1 is 1.20 bits per heavy atom. The maximum Gasteiger partial charge on any atom is 0.338 e. The van der Waals surface area contributed by atoms with Gasteiger partial charge in [-0.1, -0.05) is 18.2 Å². The third-order valence-electron chi connectivity index (χ3n) is 4.61. The van der Waals surface area contributed by atoms with Crippen molar-refractivity contribution < 1.29 is 23.6 Å². The minimum Gasteiger partial charge on any atom is -0.549 e. The van der Waals surface area contributed by atoms with E-state index in [2.05, 4.69) is 14.3 Å². The Morgan fingerprint density at radius 2 is 2.00 bits per heavy atom. The number of aromatic amines is 2. The first-order chi connectivity index (χ1) is 14.5. The zero-order valence-electron chi connectivity index (χ0n) is 15.1. The van der Waals surface area contributed by atoms with Gasteiger partial charge in [0.1, 0.15) is 28.1 Å². The van der Waals surface area contributed by atoms with Crippen LogP contribution in [-0.4, -0.2) is 33.9 Å². The fourth-order valence-electron chi connectivity index (χ4n) is 3.31. The number of carboxylic acids is 1. The predicted octanol–water partition coefficient (Wildman–Crippen LogP) is 4.75. The van der Waals surface area contributed by atoms with Gasteiger partial charge in [0.25, 0.3) is 0 Å². The van der Waals surface area contributed by atoms with Crippen LogP contribution in [0.2, 0.25) is 0 Å². The summed E-state index contributed by atoms with van der Waals surface area (Å²) in [6.07, 6.45) is 1.37. The summed E-state index contributed by atoms with van der Waals surface area (Å²) in [6, 6.07) is 14.4. The molecule has 0 saturated heterocycles. The van der Waals surface area contributed by atoms with E-state index in [0.29, 0.717) is 22.3 Å². The summed E-state index contributed by atoms with van der Waals surface area (Å²) in [4.78, 5) is 18.6. The molecule has 0 bridgehead atoms. The average molecular weight is 424 g/mol. The lowest BCUT2D eigenvalue weighted by Gasteiger charge is -2.12. The smallest absolute Gasteiger partial charge is 0.338 e. The van der Waals surface area contributed by atoms with Crippen LogP contribution in [0.4, 0.5) is 4.39 Å². The molecule has 2 aromatic heterocycles. The molecular formula is C20H13FN4O4S. The van der Waals surface area contributed by atoms with E-state index in [4.69, 9.17) is 4.74 Å². The number of para-hydroxylation sites is 1. The van der Waals surface area contributed by atoms with Crippen molar-refractivity contribution >= 4 is 39.2 Å². The lowest BCUT2D eigenvalue weighted by Crippen LogP contribution is -2.04. The fourth-order valence-corrected chi connectivity index (χ4v) is 4.40. The van der Waals surface area contributed by atoms with E-state index >= 15 is 0 Å². The van der Waals surface area contributed by atoms with E-state index in [-0.39, 0.29) is 22.5 Å². The number of hydrogen-bond acceptors (Lipinski definition) is 4. The first kappa shape index (κ1) is 18.2. The third-order valence-corrected chi connectivity index (χ3v) is 5.71. The molecule has 150 valence electrons. The van der Waals surface area contributed by atoms with Gasteiger partial charge in [-0.25, -0.2) is 14.2 Å². The fraction of sp³-hybridized carbons (Fsp3) is 0. The number of carboxylic acid groups (broad SMARTS) is 1. The van der Waals surface area contributed by atoms with Crippen molar-refractivity contribution in [3.63, 3.8) is 0 Å². The SMILES string of the molecule is O=C(O)c1cc2nc[nH]c3c2c1[nH][s+]([O-])n3-c1ccc(Oc2ccccc2)c(F)c1. The molecule has 8 nitrogen and oxygen atoms in total. The molecule has 5 aromatic rings. The molecule has 0 amide bonds. The van der Waals surface area contributed by atoms with Crippen LogP contribution >= 0.6 is 11.1 Å². The van der Waals surface area contributed by atoms with Crippen LogP contribution in [-0.2, 0) is 0 Å². The summed E-state index contributed by atoms with van der Waals surface area (Å²) in [5.74, 6) is -1.30. The molecule has 10 heteroatoms. The van der Waals surface area contributed by atoms with E-state index in [0.717, 1.165) is 0 Å². The second kappa shape index (κ2) is 6.87. The van der Waals surface area contributed by atoms with Crippen molar-refractivity contribution in [2.24, 2.45) is 0 Å². The zero-order valence-corrected chi connectivity index (χ0v) is 15.9. The lowest BCUT2D eigenvalue weighted by molar-refractivity contribution is 0.0699. The van der Waals surface area contributed by atoms with Gasteiger partial charge in [0.15, 0.2) is 17.2 Å². The Hall–Kier alpha value is -3.89. The molecule has 5 rings (SSSR count). The van der Waals surface area contributed by atoms with Crippen LogP contribution in [0, 0.1) is 5.82 Å². The number of benzene rings is 2. The van der Waals surface area contributed by atoms with Gasteiger partial charge in [-0.2, -0.15) is 4.37 Å². The Morgan fingerprint density at radius 3 is 2.73 bits per heavy atom. The van der Waals surface area contributed by atoms with E-state index < -0.39 is 22.9 Å². The standard InChI is InChI=1S/C20H13FN4O4S/c21-14-8-11(6-7-16(14)29-12-4-2-1-3-5-12)25-19-17-15(22-10-23-19)9-13(20(26)27)18(17)24-30(25)28/h1-10,24H,(H,22,23)(H,26,27). The summed E-state index contributed by atoms with van der Waals surface area (Å²) in [5.41, 5.74) is 1.21. The Bertz CT molecular complexity index is 1430. The number of carbonyl (C=O) groups is 1. The molecule has 0 aliphatic carbocycles.